The van der Waals surface area contributed by atoms with Crippen molar-refractivity contribution >= 4 is 47.5 Å². The number of carbonyl (C=O) groups is 8. The van der Waals surface area contributed by atoms with Gasteiger partial charge in [-0.2, -0.15) is 0 Å². The Morgan fingerprint density at radius 2 is 0.953 bits per heavy atom. The summed E-state index contributed by atoms with van der Waals surface area (Å²) in [5.74, 6) is -5.56. The second-order valence-corrected chi connectivity index (χ2v) is 10.9. The summed E-state index contributed by atoms with van der Waals surface area (Å²) in [7, 11) is 0. The minimum Gasteiger partial charge on any atom is -0.466 e. The Labute approximate surface area is 248 Å². The van der Waals surface area contributed by atoms with E-state index in [1.807, 2.05) is 0 Å². The molecule has 0 aliphatic carbocycles. The molecule has 0 N–H and O–H groups in total. The molecule has 0 radical (unpaired) electrons. The van der Waals surface area contributed by atoms with Crippen molar-refractivity contribution in [1.82, 2.24) is 10.1 Å². The van der Waals surface area contributed by atoms with E-state index in [2.05, 4.69) is 4.84 Å². The monoisotopic (exact) mass is 614 g/mol. The molecule has 0 saturated carbocycles. The highest BCUT2D eigenvalue weighted by Crippen LogP contribution is 2.20. The number of hydroxylamine groups is 4. The summed E-state index contributed by atoms with van der Waals surface area (Å²) < 4.78 is 21.8. The van der Waals surface area contributed by atoms with Gasteiger partial charge in [0.15, 0.2) is 0 Å². The van der Waals surface area contributed by atoms with Crippen LogP contribution in [0.5, 0.6) is 0 Å². The van der Waals surface area contributed by atoms with Gasteiger partial charge in [0.25, 0.3) is 23.6 Å². The fourth-order valence-electron chi connectivity index (χ4n) is 3.53. The van der Waals surface area contributed by atoms with Crippen molar-refractivity contribution in [2.24, 2.45) is 0 Å². The predicted molar refractivity (Wildman–Crippen MR) is 139 cm³/mol. The van der Waals surface area contributed by atoms with Gasteiger partial charge in [-0.25, -0.2) is 9.59 Å². The molecule has 2 saturated heterocycles. The maximum Gasteiger partial charge on any atom is 0.333 e. The molecule has 2 heterocycles. The van der Waals surface area contributed by atoms with E-state index in [4.69, 9.17) is 23.8 Å². The third-order valence-electron chi connectivity index (χ3n) is 6.08. The Hall–Kier alpha value is -3.92. The summed E-state index contributed by atoms with van der Waals surface area (Å²) in [6.07, 6.45) is -1.08. The lowest BCUT2D eigenvalue weighted by Gasteiger charge is -2.32. The van der Waals surface area contributed by atoms with Crippen LogP contribution in [0.25, 0.3) is 0 Å². The van der Waals surface area contributed by atoms with Crippen molar-refractivity contribution in [1.29, 1.82) is 0 Å². The molecule has 0 bridgehead atoms. The number of nitrogens with zero attached hydrogens (tertiary/aromatic N) is 2. The van der Waals surface area contributed by atoms with Crippen LogP contribution >= 0.6 is 0 Å². The van der Waals surface area contributed by atoms with Crippen LogP contribution in [0.2, 0.25) is 0 Å². The van der Waals surface area contributed by atoms with Crippen molar-refractivity contribution in [3.8, 4) is 0 Å². The first-order valence-corrected chi connectivity index (χ1v) is 13.8. The molecule has 16 heteroatoms. The van der Waals surface area contributed by atoms with Crippen LogP contribution < -0.4 is 0 Å². The maximum atomic E-state index is 12.0. The molecule has 240 valence electrons. The lowest BCUT2D eigenvalue weighted by Crippen LogP contribution is -2.38. The third-order valence-corrected chi connectivity index (χ3v) is 6.08. The number of ether oxygens (including phenoxy) is 4. The van der Waals surface area contributed by atoms with Gasteiger partial charge in [0, 0.05) is 32.1 Å². The molecular weight excluding hydrogens is 576 g/mol. The molecule has 2 fully saturated rings. The molecule has 2 aliphatic heterocycles. The fraction of sp³-hybridized carbons (Fsp3) is 0.704. The molecule has 43 heavy (non-hydrogen) atoms. The summed E-state index contributed by atoms with van der Waals surface area (Å²) in [5, 5.41) is 0.827. The van der Waals surface area contributed by atoms with Crippen LogP contribution in [-0.4, -0.2) is 95.3 Å². The van der Waals surface area contributed by atoms with Crippen LogP contribution in [-0.2, 0) is 67.0 Å². The smallest absolute Gasteiger partial charge is 0.333 e. The molecule has 2 aliphatic rings. The Morgan fingerprint density at radius 1 is 0.558 bits per heavy atom. The first-order chi connectivity index (χ1) is 20.1. The zero-order valence-corrected chi connectivity index (χ0v) is 24.8. The SMILES string of the molecule is CC(C)(CCOC(=O)CCC(=O)ON1C(=O)CCC1=O)OCC(C)(C)OCCOC(=O)CCC(=O)ON1C(=O)CCC1=O. The van der Waals surface area contributed by atoms with Gasteiger partial charge in [0.05, 0.1) is 56.7 Å². The van der Waals surface area contributed by atoms with Gasteiger partial charge in [0.1, 0.15) is 6.61 Å². The second kappa shape index (κ2) is 16.1. The van der Waals surface area contributed by atoms with Gasteiger partial charge >= 0.3 is 23.9 Å². The van der Waals surface area contributed by atoms with Crippen LogP contribution in [0.15, 0.2) is 0 Å². The standard InChI is InChI=1S/C27H38N2O14/c1-26(2,13-14-38-22(34)9-11-24(36)42-28-18(30)5-6-19(28)31)41-17-27(3,4)40-16-15-39-23(35)10-12-25(37)43-29-20(32)7-8-21(29)33/h5-17H2,1-4H3. The van der Waals surface area contributed by atoms with E-state index >= 15 is 0 Å². The van der Waals surface area contributed by atoms with Crippen molar-refractivity contribution < 1.29 is 67.0 Å². The Kier molecular flexibility index (Phi) is 13.2. The molecule has 4 amide bonds. The highest BCUT2D eigenvalue weighted by molar-refractivity contribution is 6.02. The normalized spacial score (nSPS) is 15.6. The fourth-order valence-corrected chi connectivity index (χ4v) is 3.53. The zero-order valence-electron chi connectivity index (χ0n) is 24.8. The summed E-state index contributed by atoms with van der Waals surface area (Å²) in [6.45, 7) is 7.25. The molecule has 2 rings (SSSR count). The number of hydrogen-bond donors (Lipinski definition) is 0. The summed E-state index contributed by atoms with van der Waals surface area (Å²) in [6, 6.07) is 0. The van der Waals surface area contributed by atoms with Gasteiger partial charge < -0.3 is 28.6 Å². The number of rotatable bonds is 18. The zero-order chi connectivity index (χ0) is 32.2. The van der Waals surface area contributed by atoms with Crippen LogP contribution in [0.1, 0.15) is 85.5 Å². The third kappa shape index (κ3) is 12.9. The first kappa shape index (κ1) is 35.3. The van der Waals surface area contributed by atoms with Crippen LogP contribution in [0.3, 0.4) is 0 Å². The van der Waals surface area contributed by atoms with E-state index in [0.29, 0.717) is 16.5 Å². The van der Waals surface area contributed by atoms with Gasteiger partial charge in [-0.1, -0.05) is 0 Å². The van der Waals surface area contributed by atoms with Crippen molar-refractivity contribution in [3.05, 3.63) is 0 Å². The quantitative estimate of drug-likeness (QED) is 0.119. The topological polar surface area (TPSA) is 198 Å². The van der Waals surface area contributed by atoms with E-state index in [1.54, 1.807) is 27.7 Å². The van der Waals surface area contributed by atoms with E-state index in [1.165, 1.54) is 0 Å². The lowest BCUT2D eigenvalue weighted by molar-refractivity contribution is -0.197. The molecule has 0 spiro atoms. The maximum absolute atomic E-state index is 12.0. The lowest BCUT2D eigenvalue weighted by atomic mass is 10.0. The molecule has 0 aromatic rings. The van der Waals surface area contributed by atoms with Gasteiger partial charge in [0.2, 0.25) is 0 Å². The summed E-state index contributed by atoms with van der Waals surface area (Å²) in [5.41, 5.74) is -1.47. The predicted octanol–water partition coefficient (Wildman–Crippen LogP) is 0.828. The highest BCUT2D eigenvalue weighted by Gasteiger charge is 2.34. The van der Waals surface area contributed by atoms with Crippen molar-refractivity contribution in [2.45, 2.75) is 96.7 Å². The van der Waals surface area contributed by atoms with Crippen LogP contribution in [0, 0.1) is 0 Å². The van der Waals surface area contributed by atoms with Gasteiger partial charge in [-0.3, -0.25) is 28.8 Å². The number of hydrogen-bond acceptors (Lipinski definition) is 14. The molecular formula is C27H38N2O14. The average Bonchev–Trinajstić information content (AvgIpc) is 3.42. The Morgan fingerprint density at radius 3 is 1.40 bits per heavy atom. The molecule has 16 nitrogen and oxygen atoms in total. The minimum atomic E-state index is -0.900. The Balaban J connectivity index is 1.55. The van der Waals surface area contributed by atoms with E-state index < -0.39 is 58.7 Å². The highest BCUT2D eigenvalue weighted by atomic mass is 16.7. The first-order valence-electron chi connectivity index (χ1n) is 13.8. The van der Waals surface area contributed by atoms with E-state index in [-0.39, 0.29) is 77.8 Å². The number of carbonyl (C=O) groups excluding carboxylic acids is 8. The molecule has 0 atom stereocenters. The number of esters is 2. The molecule has 0 aromatic carbocycles. The number of amides is 4. The second-order valence-electron chi connectivity index (χ2n) is 10.9. The summed E-state index contributed by atoms with van der Waals surface area (Å²) in [4.78, 5) is 103. The van der Waals surface area contributed by atoms with Gasteiger partial charge in [-0.05, 0) is 27.7 Å². The average molecular weight is 615 g/mol. The van der Waals surface area contributed by atoms with Crippen molar-refractivity contribution in [3.63, 3.8) is 0 Å². The largest absolute Gasteiger partial charge is 0.466 e. The minimum absolute atomic E-state index is 0.0133. The van der Waals surface area contributed by atoms with Crippen molar-refractivity contribution in [2.75, 3.05) is 26.4 Å². The summed E-state index contributed by atoms with van der Waals surface area (Å²) >= 11 is 0. The van der Waals surface area contributed by atoms with Crippen LogP contribution in [0.4, 0.5) is 0 Å². The van der Waals surface area contributed by atoms with E-state index in [0.717, 1.165) is 0 Å². The number of imide groups is 2. The molecule has 0 unspecified atom stereocenters. The van der Waals surface area contributed by atoms with E-state index in [9.17, 15) is 38.4 Å². The van der Waals surface area contributed by atoms with Gasteiger partial charge in [-0.15, -0.1) is 10.1 Å². The Bertz CT molecular complexity index is 1070. The molecule has 0 aromatic heterocycles.